The highest BCUT2D eigenvalue weighted by Gasteiger charge is 2.38. The third-order valence-corrected chi connectivity index (χ3v) is 5.78. The summed E-state index contributed by atoms with van der Waals surface area (Å²) in [6.07, 6.45) is -1.77. The molecule has 47 heavy (non-hydrogen) atoms. The number of anilines is 1. The fraction of sp³-hybridized carbons (Fsp3) is 0.424. The average molecular weight is 647 g/mol. The van der Waals surface area contributed by atoms with E-state index in [-0.39, 0.29) is 40.8 Å². The maximum atomic E-state index is 13.4. The second-order valence-corrected chi connectivity index (χ2v) is 13.3. The molecule has 0 radical (unpaired) electrons. The third kappa shape index (κ3) is 8.63. The Morgan fingerprint density at radius 3 is 2.00 bits per heavy atom. The van der Waals surface area contributed by atoms with Gasteiger partial charge in [0.1, 0.15) is 33.5 Å². The lowest BCUT2D eigenvalue weighted by Gasteiger charge is -2.27. The van der Waals surface area contributed by atoms with Gasteiger partial charge in [0.25, 0.3) is 0 Å². The third-order valence-electron chi connectivity index (χ3n) is 5.78. The van der Waals surface area contributed by atoms with Gasteiger partial charge in [0, 0.05) is 12.1 Å². The van der Waals surface area contributed by atoms with Crippen LogP contribution in [0.3, 0.4) is 0 Å². The van der Waals surface area contributed by atoms with Gasteiger partial charge in [0.15, 0.2) is 17.3 Å². The van der Waals surface area contributed by atoms with Gasteiger partial charge in [-0.2, -0.15) is 4.90 Å². The molecule has 0 saturated carbocycles. The van der Waals surface area contributed by atoms with E-state index in [1.165, 1.54) is 6.20 Å². The molecule has 0 spiro atoms. The molecule has 248 valence electrons. The van der Waals surface area contributed by atoms with Crippen LogP contribution in [0.4, 0.5) is 20.2 Å². The monoisotopic (exact) mass is 646 g/mol. The summed E-state index contributed by atoms with van der Waals surface area (Å²) in [5.74, 6) is 5.87. The van der Waals surface area contributed by atoms with Crippen molar-refractivity contribution in [3.05, 3.63) is 47.8 Å². The number of nitrogens with zero attached hydrogens (tertiary/aromatic N) is 6. The normalized spacial score (nSPS) is 11.8. The number of carbonyl (C=O) groups is 3. The minimum atomic E-state index is -1.08. The molecular weight excluding hydrogens is 608 g/mol. The zero-order valence-corrected chi connectivity index (χ0v) is 28.1. The Bertz CT molecular complexity index is 1820. The smallest absolute Gasteiger partial charge is 0.443 e. The van der Waals surface area contributed by atoms with E-state index in [1.807, 2.05) is 37.3 Å². The molecule has 1 aromatic carbocycles. The zero-order chi connectivity index (χ0) is 34.7. The molecule has 3 heterocycles. The number of aromatic nitrogens is 5. The Morgan fingerprint density at radius 1 is 0.851 bits per heavy atom. The van der Waals surface area contributed by atoms with E-state index in [4.69, 9.17) is 28.6 Å². The molecule has 0 bridgehead atoms. The van der Waals surface area contributed by atoms with E-state index < -0.39 is 35.1 Å². The van der Waals surface area contributed by atoms with E-state index in [9.17, 15) is 14.4 Å². The highest BCUT2D eigenvalue weighted by molar-refractivity contribution is 6.10. The molecule has 4 rings (SSSR count). The van der Waals surface area contributed by atoms with Crippen molar-refractivity contribution in [2.45, 2.75) is 92.6 Å². The number of carbonyl (C=O) groups excluding carboxylic acids is 3. The molecule has 0 atom stereocenters. The van der Waals surface area contributed by atoms with Crippen LogP contribution in [0, 0.1) is 11.8 Å². The summed E-state index contributed by atoms with van der Waals surface area (Å²) in [7, 11) is 0. The fourth-order valence-corrected chi connectivity index (χ4v) is 4.12. The van der Waals surface area contributed by atoms with Crippen molar-refractivity contribution in [3.8, 4) is 29.1 Å². The van der Waals surface area contributed by atoms with Crippen molar-refractivity contribution in [1.82, 2.24) is 24.8 Å². The number of hydrogen-bond donors (Lipinski definition) is 0. The van der Waals surface area contributed by atoms with Crippen molar-refractivity contribution in [2.24, 2.45) is 0 Å². The summed E-state index contributed by atoms with van der Waals surface area (Å²) in [4.78, 5) is 49.4. The van der Waals surface area contributed by atoms with E-state index in [0.717, 1.165) is 5.56 Å². The molecule has 14 nitrogen and oxygen atoms in total. The first-order valence-corrected chi connectivity index (χ1v) is 14.8. The number of aryl methyl sites for hydroxylation is 1. The molecule has 0 aliphatic rings. The molecule has 4 aromatic rings. The second-order valence-electron chi connectivity index (χ2n) is 13.3. The largest absolute Gasteiger partial charge is 0.514 e. The Labute approximate surface area is 272 Å². The first-order chi connectivity index (χ1) is 21.9. The SMILES string of the molecule is CCn1c(-c2nonc2N(C(=O)OC(C)(C)C)C(=O)OC(C)(C)C)nc2c(C#Cc3ccccc3)ncc(OC(=O)OC(C)(C)C)c21. The van der Waals surface area contributed by atoms with Crippen LogP contribution >= 0.6 is 0 Å². The van der Waals surface area contributed by atoms with Crippen LogP contribution < -0.4 is 9.64 Å². The summed E-state index contributed by atoms with van der Waals surface area (Å²) >= 11 is 0. The van der Waals surface area contributed by atoms with Gasteiger partial charge in [-0.25, -0.2) is 29.0 Å². The molecule has 0 unspecified atom stereocenters. The van der Waals surface area contributed by atoms with Gasteiger partial charge in [0.2, 0.25) is 5.82 Å². The minimum absolute atomic E-state index is 0.0225. The van der Waals surface area contributed by atoms with E-state index in [1.54, 1.807) is 66.9 Å². The van der Waals surface area contributed by atoms with Gasteiger partial charge in [0.05, 0.1) is 6.20 Å². The molecular formula is C33H38N6O8. The Morgan fingerprint density at radius 2 is 1.45 bits per heavy atom. The highest BCUT2D eigenvalue weighted by Crippen LogP contribution is 2.36. The molecule has 0 aliphatic heterocycles. The average Bonchev–Trinajstić information content (AvgIpc) is 3.55. The maximum Gasteiger partial charge on any atom is 0.514 e. The van der Waals surface area contributed by atoms with Crippen LogP contribution in [0.2, 0.25) is 0 Å². The lowest BCUT2D eigenvalue weighted by Crippen LogP contribution is -2.44. The number of rotatable bonds is 4. The molecule has 0 N–H and O–H groups in total. The number of pyridine rings is 1. The van der Waals surface area contributed by atoms with Crippen molar-refractivity contribution in [1.29, 1.82) is 0 Å². The number of imide groups is 1. The summed E-state index contributed by atoms with van der Waals surface area (Å²) in [6.45, 7) is 17.1. The van der Waals surface area contributed by atoms with Crippen LogP contribution in [0.25, 0.3) is 22.6 Å². The van der Waals surface area contributed by atoms with E-state index in [2.05, 4.69) is 27.1 Å². The Balaban J connectivity index is 1.95. The van der Waals surface area contributed by atoms with E-state index in [0.29, 0.717) is 10.4 Å². The van der Waals surface area contributed by atoms with Crippen LogP contribution in [0.5, 0.6) is 5.75 Å². The molecule has 3 aromatic heterocycles. The fourth-order valence-electron chi connectivity index (χ4n) is 4.12. The predicted octanol–water partition coefficient (Wildman–Crippen LogP) is 6.89. The van der Waals surface area contributed by atoms with Crippen LogP contribution in [0.1, 0.15) is 80.5 Å². The maximum absolute atomic E-state index is 13.4. The zero-order valence-electron chi connectivity index (χ0n) is 28.1. The van der Waals surface area contributed by atoms with Crippen LogP contribution in [-0.4, -0.2) is 60.0 Å². The first kappa shape index (κ1) is 34.4. The molecule has 0 aliphatic carbocycles. The van der Waals surface area contributed by atoms with E-state index >= 15 is 0 Å². The van der Waals surface area contributed by atoms with Gasteiger partial charge >= 0.3 is 18.3 Å². The summed E-state index contributed by atoms with van der Waals surface area (Å²) in [6, 6.07) is 9.27. The van der Waals surface area contributed by atoms with Gasteiger partial charge in [-0.15, -0.1) is 0 Å². The molecule has 0 fully saturated rings. The Kier molecular flexibility index (Phi) is 9.60. The predicted molar refractivity (Wildman–Crippen MR) is 171 cm³/mol. The topological polar surface area (TPSA) is 161 Å². The van der Waals surface area contributed by atoms with Gasteiger partial charge in [-0.05, 0) is 97.6 Å². The molecule has 2 amide bonds. The number of fused-ring (bicyclic) bond motifs is 1. The number of imidazole rings is 1. The minimum Gasteiger partial charge on any atom is -0.443 e. The van der Waals surface area contributed by atoms with Crippen molar-refractivity contribution in [2.75, 3.05) is 4.90 Å². The lowest BCUT2D eigenvalue weighted by atomic mass is 10.2. The lowest BCUT2D eigenvalue weighted by molar-refractivity contribution is 0.0206. The summed E-state index contributed by atoms with van der Waals surface area (Å²) in [5.41, 5.74) is -1.34. The van der Waals surface area contributed by atoms with Crippen LogP contribution in [-0.2, 0) is 20.8 Å². The number of hydrogen-bond acceptors (Lipinski definition) is 12. The van der Waals surface area contributed by atoms with Crippen molar-refractivity contribution in [3.63, 3.8) is 0 Å². The molecule has 0 saturated heterocycles. The molecule has 14 heteroatoms. The quantitative estimate of drug-likeness (QED) is 0.128. The summed E-state index contributed by atoms with van der Waals surface area (Å²) in [5, 5.41) is 7.90. The standard InChI is InChI=1S/C33H38N6O8/c1-11-38-25-22(43-30(42)46-33(8,9)10)19-34-21(18-17-20-15-13-12-14-16-20)23(25)35-26(38)24-27(37-47-36-24)39(28(40)44-31(2,3)4)29(41)45-32(5,6)7/h12-16,19H,11H2,1-10H3. The van der Waals surface area contributed by atoms with Gasteiger partial charge < -0.3 is 23.5 Å². The number of benzene rings is 1. The summed E-state index contributed by atoms with van der Waals surface area (Å²) < 4.78 is 28.7. The first-order valence-electron chi connectivity index (χ1n) is 14.8. The van der Waals surface area contributed by atoms with Crippen molar-refractivity contribution >= 4 is 35.2 Å². The highest BCUT2D eigenvalue weighted by atomic mass is 16.7. The Hall–Kier alpha value is -5.45. The number of ether oxygens (including phenoxy) is 4. The second kappa shape index (κ2) is 13.1. The van der Waals surface area contributed by atoms with Gasteiger partial charge in [-0.3, -0.25) is 0 Å². The van der Waals surface area contributed by atoms with Crippen LogP contribution in [0.15, 0.2) is 41.2 Å². The van der Waals surface area contributed by atoms with Gasteiger partial charge in [-0.1, -0.05) is 24.1 Å². The number of amides is 2. The van der Waals surface area contributed by atoms with Crippen molar-refractivity contribution < 1.29 is 38.0 Å².